The van der Waals surface area contributed by atoms with Crippen LogP contribution in [0.4, 0.5) is 4.79 Å². The molecule has 1 aliphatic heterocycles. The molecule has 15 heteroatoms. The fourth-order valence-electron chi connectivity index (χ4n) is 4.71. The van der Waals surface area contributed by atoms with Crippen LogP contribution in [-0.2, 0) is 53.3 Å². The van der Waals surface area contributed by atoms with E-state index in [0.29, 0.717) is 11.1 Å². The summed E-state index contributed by atoms with van der Waals surface area (Å²) >= 11 is 0. The third-order valence-corrected chi connectivity index (χ3v) is 6.36. The summed E-state index contributed by atoms with van der Waals surface area (Å²) in [7, 11) is 0. The number of benzene rings is 2. The van der Waals surface area contributed by atoms with Crippen molar-refractivity contribution in [3.8, 4) is 0 Å². The van der Waals surface area contributed by atoms with E-state index in [2.05, 4.69) is 15.8 Å². The fourth-order valence-corrected chi connectivity index (χ4v) is 4.71. The molecule has 1 heterocycles. The average Bonchev–Trinajstić information content (AvgIpc) is 3.22. The van der Waals surface area contributed by atoms with Gasteiger partial charge in [0, 0.05) is 27.7 Å². The summed E-state index contributed by atoms with van der Waals surface area (Å²) < 4.78 is 20.5. The van der Waals surface area contributed by atoms with E-state index in [4.69, 9.17) is 18.9 Å². The van der Waals surface area contributed by atoms with Gasteiger partial charge in [0.05, 0.1) is 6.21 Å². The molecule has 1 saturated heterocycles. The lowest BCUT2D eigenvalue weighted by molar-refractivity contribution is -0.183. The average molecular weight is 625 g/mol. The van der Waals surface area contributed by atoms with Gasteiger partial charge in [-0.3, -0.25) is 39.0 Å². The molecule has 4 amide bonds. The fraction of sp³-hybridized carbons (Fsp3) is 0.333. The van der Waals surface area contributed by atoms with Gasteiger partial charge in [0.25, 0.3) is 11.8 Å². The second kappa shape index (κ2) is 15.2. The van der Waals surface area contributed by atoms with Gasteiger partial charge in [0.1, 0.15) is 13.2 Å². The number of nitrogens with one attached hydrogen (secondary N) is 2. The molecule has 0 aliphatic carbocycles. The van der Waals surface area contributed by atoms with Crippen LogP contribution < -0.4 is 10.7 Å². The van der Waals surface area contributed by atoms with Crippen molar-refractivity contribution in [3.05, 3.63) is 71.8 Å². The number of amides is 4. The van der Waals surface area contributed by atoms with Gasteiger partial charge in [0.15, 0.2) is 23.9 Å². The lowest BCUT2D eigenvalue weighted by Gasteiger charge is -2.35. The molecule has 0 aromatic heterocycles. The van der Waals surface area contributed by atoms with Crippen LogP contribution in [0.2, 0.25) is 0 Å². The number of carbonyl (C=O) groups excluding carboxylic acids is 7. The number of hydrogen-bond donors (Lipinski definition) is 2. The number of hydrogen-bond acceptors (Lipinski definition) is 12. The van der Waals surface area contributed by atoms with E-state index in [1.54, 1.807) is 60.7 Å². The Kier molecular flexibility index (Phi) is 11.5. The van der Waals surface area contributed by atoms with Crippen molar-refractivity contribution in [3.63, 3.8) is 0 Å². The zero-order chi connectivity index (χ0) is 33.1. The molecule has 2 aromatic carbocycles. The second-order valence-corrected chi connectivity index (χ2v) is 9.70. The van der Waals surface area contributed by atoms with Crippen LogP contribution in [0.3, 0.4) is 0 Å². The first-order valence-corrected chi connectivity index (χ1v) is 13.6. The van der Waals surface area contributed by atoms with Gasteiger partial charge in [-0.05, 0) is 11.1 Å². The predicted octanol–water partition coefficient (Wildman–Crippen LogP) is 0.942. The molecular weight excluding hydrogens is 592 g/mol. The number of nitrogens with zero attached hydrogens (tertiary/aromatic N) is 2. The molecule has 1 fully saturated rings. The van der Waals surface area contributed by atoms with E-state index in [9.17, 15) is 33.6 Å². The van der Waals surface area contributed by atoms with Crippen molar-refractivity contribution in [1.82, 2.24) is 15.6 Å². The summed E-state index contributed by atoms with van der Waals surface area (Å²) in [6.45, 7) is 3.04. The van der Waals surface area contributed by atoms with E-state index < -0.39 is 78.7 Å². The van der Waals surface area contributed by atoms with E-state index >= 15 is 0 Å². The number of hydrazone groups is 1. The van der Waals surface area contributed by atoms with Gasteiger partial charge in [-0.25, -0.2) is 10.2 Å². The Morgan fingerprint density at radius 1 is 0.822 bits per heavy atom. The van der Waals surface area contributed by atoms with Crippen molar-refractivity contribution in [2.45, 2.75) is 51.5 Å². The van der Waals surface area contributed by atoms with Crippen LogP contribution in [0.15, 0.2) is 65.8 Å². The Morgan fingerprint density at radius 3 is 1.84 bits per heavy atom. The molecule has 3 atom stereocenters. The van der Waals surface area contributed by atoms with Crippen molar-refractivity contribution >= 4 is 47.9 Å². The Balaban J connectivity index is 1.90. The minimum Gasteiger partial charge on any atom is -0.462 e. The third-order valence-electron chi connectivity index (χ3n) is 6.36. The van der Waals surface area contributed by atoms with Gasteiger partial charge < -0.3 is 18.9 Å². The number of carbonyl (C=O) groups is 7. The molecule has 3 rings (SSSR count). The molecule has 2 aromatic rings. The second-order valence-electron chi connectivity index (χ2n) is 9.70. The number of imide groups is 1. The molecule has 0 spiro atoms. The number of urea groups is 1. The summed E-state index contributed by atoms with van der Waals surface area (Å²) in [5.41, 5.74) is 1.37. The first-order valence-electron chi connectivity index (χ1n) is 13.6. The highest BCUT2D eigenvalue weighted by atomic mass is 16.6. The monoisotopic (exact) mass is 624 g/mol. The van der Waals surface area contributed by atoms with Crippen molar-refractivity contribution < 1.29 is 52.5 Å². The quantitative estimate of drug-likeness (QED) is 0.106. The lowest BCUT2D eigenvalue weighted by atomic mass is 9.81. The maximum atomic E-state index is 13.4. The highest BCUT2D eigenvalue weighted by Gasteiger charge is 2.56. The zero-order valence-corrected chi connectivity index (χ0v) is 24.9. The Labute approximate surface area is 257 Å². The summed E-state index contributed by atoms with van der Waals surface area (Å²) in [6, 6.07) is 16.0. The number of rotatable bonds is 13. The highest BCUT2D eigenvalue weighted by Crippen LogP contribution is 2.39. The van der Waals surface area contributed by atoms with Gasteiger partial charge in [0.2, 0.25) is 0 Å². The van der Waals surface area contributed by atoms with Crippen LogP contribution >= 0.6 is 0 Å². The minimum absolute atomic E-state index is 0.430. The van der Waals surface area contributed by atoms with E-state index in [1.165, 1.54) is 0 Å². The molecule has 0 radical (unpaired) electrons. The molecule has 238 valence electrons. The molecule has 1 aliphatic rings. The molecule has 15 nitrogen and oxygen atoms in total. The van der Waals surface area contributed by atoms with Gasteiger partial charge in [-0.15, -0.1) is 0 Å². The zero-order valence-electron chi connectivity index (χ0n) is 24.9. The van der Waals surface area contributed by atoms with Gasteiger partial charge in [-0.1, -0.05) is 60.7 Å². The lowest BCUT2D eigenvalue weighted by Crippen LogP contribution is -2.51. The third kappa shape index (κ3) is 8.49. The molecule has 0 saturated carbocycles. The summed E-state index contributed by atoms with van der Waals surface area (Å²) in [5.74, 6) is -4.79. The minimum atomic E-state index is -1.69. The smallest absolute Gasteiger partial charge is 0.326 e. The molecular formula is C30H32N4O11. The normalized spacial score (nSPS) is 15.8. The van der Waals surface area contributed by atoms with Gasteiger partial charge >= 0.3 is 29.9 Å². The van der Waals surface area contributed by atoms with Gasteiger partial charge in [-0.2, -0.15) is 5.10 Å². The van der Waals surface area contributed by atoms with E-state index in [-0.39, 0.29) is 0 Å². The molecule has 45 heavy (non-hydrogen) atoms. The molecule has 0 unspecified atom stereocenters. The maximum absolute atomic E-state index is 13.4. The maximum Gasteiger partial charge on any atom is 0.326 e. The predicted molar refractivity (Wildman–Crippen MR) is 154 cm³/mol. The Bertz CT molecular complexity index is 1420. The van der Waals surface area contributed by atoms with E-state index in [0.717, 1.165) is 38.8 Å². The first kappa shape index (κ1) is 33.9. The first-order chi connectivity index (χ1) is 21.4. The molecule has 2 N–H and O–H groups in total. The summed E-state index contributed by atoms with van der Waals surface area (Å²) in [6.07, 6.45) is -3.64. The van der Waals surface area contributed by atoms with Crippen molar-refractivity contribution in [1.29, 1.82) is 0 Å². The largest absolute Gasteiger partial charge is 0.462 e. The van der Waals surface area contributed by atoms with E-state index in [1.807, 2.05) is 0 Å². The topological polar surface area (TPSA) is 196 Å². The van der Waals surface area contributed by atoms with Crippen LogP contribution in [0.5, 0.6) is 0 Å². The van der Waals surface area contributed by atoms with Crippen LogP contribution in [-0.4, -0.2) is 84.3 Å². The van der Waals surface area contributed by atoms with Crippen molar-refractivity contribution in [2.75, 3.05) is 13.2 Å². The van der Waals surface area contributed by atoms with Crippen LogP contribution in [0, 0.1) is 0 Å². The number of ether oxygens (including phenoxy) is 4. The molecule has 0 bridgehead atoms. The highest BCUT2D eigenvalue weighted by molar-refractivity contribution is 6.10. The summed E-state index contributed by atoms with van der Waals surface area (Å²) in [4.78, 5) is 87.6. The van der Waals surface area contributed by atoms with Crippen LogP contribution in [0.1, 0.15) is 38.8 Å². The summed E-state index contributed by atoms with van der Waals surface area (Å²) in [5, 5.41) is 6.09. The van der Waals surface area contributed by atoms with Crippen molar-refractivity contribution in [2.24, 2.45) is 5.10 Å². The number of esters is 4. The standard InChI is InChI=1S/C30H32N4O11/c1-18(35)42-17-25(44-20(3)37)27(45-21(4)38)24(43-19(2)36)15-31-33-26(39)16-34-29(41)32-28(40)30(34,22-11-7-5-8-12-22)23-13-9-6-10-14-23/h5-15,24-25,27H,16-17H2,1-4H3,(H,33,39)(H,32,40,41)/b31-15+/t24-,25-,27+/m0/s1. The van der Waals surface area contributed by atoms with Crippen LogP contribution in [0.25, 0.3) is 0 Å². The SMILES string of the molecule is CC(=O)OC[C@H](OC(C)=O)[C@H](OC(C)=O)[C@H](/C=N/NC(=O)CN1C(=O)NC(=O)C1(c1ccccc1)c1ccccc1)OC(C)=O. The Hall–Kier alpha value is -5.60. The Morgan fingerprint density at radius 2 is 1.36 bits per heavy atom.